The molecule has 1 aliphatic rings. The van der Waals surface area contributed by atoms with Crippen molar-refractivity contribution in [3.63, 3.8) is 0 Å². The van der Waals surface area contributed by atoms with E-state index in [0.29, 0.717) is 19.5 Å². The molecule has 1 N–H and O–H groups in total. The van der Waals surface area contributed by atoms with Gasteiger partial charge in [-0.3, -0.25) is 9.69 Å². The average Bonchev–Trinajstić information content (AvgIpc) is 2.79. The fourth-order valence-electron chi connectivity index (χ4n) is 2.38. The van der Waals surface area contributed by atoms with Gasteiger partial charge in [0.25, 0.3) is 0 Å². The Labute approximate surface area is 127 Å². The number of carbonyl (C=O) groups is 1. The molecule has 2 rings (SSSR count). The lowest BCUT2D eigenvalue weighted by atomic mass is 10.2. The Morgan fingerprint density at radius 2 is 2.19 bits per heavy atom. The molecule has 1 fully saturated rings. The Morgan fingerprint density at radius 1 is 1.48 bits per heavy atom. The fraction of sp³-hybridized carbons (Fsp3) is 0.462. The number of halogens is 4. The number of carboxylic acids is 1. The molecule has 0 aliphatic carbocycles. The number of hydrogen-bond acceptors (Lipinski definition) is 3. The third-order valence-electron chi connectivity index (χ3n) is 3.26. The second kappa shape index (κ2) is 6.23. The van der Waals surface area contributed by atoms with E-state index in [9.17, 15) is 18.0 Å². The van der Waals surface area contributed by atoms with Crippen LogP contribution < -0.4 is 4.74 Å². The lowest BCUT2D eigenvalue weighted by molar-refractivity contribution is -0.274. The van der Waals surface area contributed by atoms with Gasteiger partial charge in [0.05, 0.1) is 4.47 Å². The molecule has 4 nitrogen and oxygen atoms in total. The van der Waals surface area contributed by atoms with Crippen molar-refractivity contribution in [1.29, 1.82) is 0 Å². The standard InChI is InChI=1S/C13H13BrF3NO3/c14-9-6-8(3-4-11(9)21-13(15,16)17)7-18-5-1-2-10(18)12(19)20/h3-4,6,10H,1-2,5,7H2,(H,19,20)/t10-/m1/s1. The van der Waals surface area contributed by atoms with Crippen LogP contribution in [0.25, 0.3) is 0 Å². The van der Waals surface area contributed by atoms with Crippen molar-refractivity contribution in [2.75, 3.05) is 6.54 Å². The monoisotopic (exact) mass is 367 g/mol. The van der Waals surface area contributed by atoms with E-state index in [1.807, 2.05) is 0 Å². The van der Waals surface area contributed by atoms with Gasteiger partial charge in [-0.25, -0.2) is 0 Å². The molecule has 21 heavy (non-hydrogen) atoms. The molecule has 0 amide bonds. The van der Waals surface area contributed by atoms with Crippen LogP contribution in [-0.2, 0) is 11.3 Å². The normalized spacial score (nSPS) is 19.7. The van der Waals surface area contributed by atoms with Crippen molar-refractivity contribution in [3.8, 4) is 5.75 Å². The zero-order valence-corrected chi connectivity index (χ0v) is 12.4. The molecule has 0 radical (unpaired) electrons. The zero-order chi connectivity index (χ0) is 15.6. The van der Waals surface area contributed by atoms with Gasteiger partial charge in [-0.1, -0.05) is 6.07 Å². The first-order valence-corrected chi connectivity index (χ1v) is 7.06. The first-order chi connectivity index (χ1) is 9.76. The molecule has 1 aromatic rings. The highest BCUT2D eigenvalue weighted by atomic mass is 79.9. The summed E-state index contributed by atoms with van der Waals surface area (Å²) in [6, 6.07) is 3.70. The minimum Gasteiger partial charge on any atom is -0.480 e. The maximum Gasteiger partial charge on any atom is 0.573 e. The van der Waals surface area contributed by atoms with Crippen LogP contribution in [0.3, 0.4) is 0 Å². The molecule has 1 aliphatic heterocycles. The van der Waals surface area contributed by atoms with Crippen molar-refractivity contribution in [2.45, 2.75) is 31.8 Å². The summed E-state index contributed by atoms with van der Waals surface area (Å²) in [6.07, 6.45) is -3.35. The summed E-state index contributed by atoms with van der Waals surface area (Å²) in [5.74, 6) is -1.19. The summed E-state index contributed by atoms with van der Waals surface area (Å²) in [5.41, 5.74) is 0.726. The van der Waals surface area contributed by atoms with Crippen LogP contribution in [0.4, 0.5) is 13.2 Å². The van der Waals surface area contributed by atoms with Crippen LogP contribution in [0.2, 0.25) is 0 Å². The van der Waals surface area contributed by atoms with Gasteiger partial charge in [0, 0.05) is 6.54 Å². The Balaban J connectivity index is 2.08. The van der Waals surface area contributed by atoms with Gasteiger partial charge in [0.1, 0.15) is 11.8 Å². The van der Waals surface area contributed by atoms with Crippen LogP contribution in [0.1, 0.15) is 18.4 Å². The number of rotatable bonds is 4. The van der Waals surface area contributed by atoms with Gasteiger partial charge in [-0.2, -0.15) is 0 Å². The van der Waals surface area contributed by atoms with Gasteiger partial charge in [0.15, 0.2) is 0 Å². The highest BCUT2D eigenvalue weighted by Gasteiger charge is 2.32. The predicted molar refractivity (Wildman–Crippen MR) is 71.9 cm³/mol. The second-order valence-corrected chi connectivity index (χ2v) is 5.63. The van der Waals surface area contributed by atoms with Crippen LogP contribution in [-0.4, -0.2) is 34.9 Å². The molecular formula is C13H13BrF3NO3. The van der Waals surface area contributed by atoms with Crippen LogP contribution >= 0.6 is 15.9 Å². The van der Waals surface area contributed by atoms with Gasteiger partial charge in [-0.05, 0) is 53.0 Å². The molecule has 0 aromatic heterocycles. The summed E-state index contributed by atoms with van der Waals surface area (Å²) in [5, 5.41) is 9.09. The lowest BCUT2D eigenvalue weighted by Crippen LogP contribution is -2.35. The fourth-order valence-corrected chi connectivity index (χ4v) is 2.89. The van der Waals surface area contributed by atoms with E-state index in [1.54, 1.807) is 4.90 Å². The molecule has 1 saturated heterocycles. The van der Waals surface area contributed by atoms with Crippen LogP contribution in [0, 0.1) is 0 Å². The number of ether oxygens (including phenoxy) is 1. The van der Waals surface area contributed by atoms with E-state index in [0.717, 1.165) is 12.0 Å². The van der Waals surface area contributed by atoms with Crippen molar-refractivity contribution in [2.24, 2.45) is 0 Å². The van der Waals surface area contributed by atoms with Gasteiger partial charge in [-0.15, -0.1) is 13.2 Å². The van der Waals surface area contributed by atoms with Crippen molar-refractivity contribution >= 4 is 21.9 Å². The second-order valence-electron chi connectivity index (χ2n) is 4.78. The molecular weight excluding hydrogens is 355 g/mol. The lowest BCUT2D eigenvalue weighted by Gasteiger charge is -2.21. The minimum atomic E-state index is -4.74. The number of carboxylic acid groups (broad SMARTS) is 1. The van der Waals surface area contributed by atoms with E-state index in [4.69, 9.17) is 5.11 Å². The Bertz CT molecular complexity index is 536. The number of hydrogen-bond donors (Lipinski definition) is 1. The highest BCUT2D eigenvalue weighted by Crippen LogP contribution is 2.32. The molecule has 1 heterocycles. The molecule has 8 heteroatoms. The summed E-state index contributed by atoms with van der Waals surface area (Å²) >= 11 is 3.03. The predicted octanol–water partition coefficient (Wildman–Crippen LogP) is 3.40. The van der Waals surface area contributed by atoms with Gasteiger partial charge in [0.2, 0.25) is 0 Å². The average molecular weight is 368 g/mol. The molecule has 0 saturated carbocycles. The number of alkyl halides is 3. The summed E-state index contributed by atoms with van der Waals surface area (Å²) in [4.78, 5) is 12.9. The van der Waals surface area contributed by atoms with Gasteiger partial charge < -0.3 is 9.84 Å². The Morgan fingerprint density at radius 3 is 2.76 bits per heavy atom. The van der Waals surface area contributed by atoms with Crippen LogP contribution in [0.5, 0.6) is 5.75 Å². The topological polar surface area (TPSA) is 49.8 Å². The van der Waals surface area contributed by atoms with E-state index in [2.05, 4.69) is 20.7 Å². The zero-order valence-electron chi connectivity index (χ0n) is 10.9. The number of aliphatic carboxylic acids is 1. The summed E-state index contributed by atoms with van der Waals surface area (Å²) < 4.78 is 40.6. The number of likely N-dealkylation sites (tertiary alicyclic amines) is 1. The largest absolute Gasteiger partial charge is 0.573 e. The van der Waals surface area contributed by atoms with Crippen molar-refractivity contribution in [1.82, 2.24) is 4.90 Å². The van der Waals surface area contributed by atoms with E-state index in [-0.39, 0.29) is 10.2 Å². The number of benzene rings is 1. The molecule has 0 unspecified atom stereocenters. The first-order valence-electron chi connectivity index (χ1n) is 6.27. The summed E-state index contributed by atoms with van der Waals surface area (Å²) in [7, 11) is 0. The van der Waals surface area contributed by atoms with Crippen molar-refractivity contribution < 1.29 is 27.8 Å². The number of nitrogens with zero attached hydrogens (tertiary/aromatic N) is 1. The van der Waals surface area contributed by atoms with Gasteiger partial charge >= 0.3 is 12.3 Å². The van der Waals surface area contributed by atoms with E-state index < -0.39 is 18.4 Å². The highest BCUT2D eigenvalue weighted by molar-refractivity contribution is 9.10. The quantitative estimate of drug-likeness (QED) is 0.885. The van der Waals surface area contributed by atoms with Crippen LogP contribution in [0.15, 0.2) is 22.7 Å². The smallest absolute Gasteiger partial charge is 0.480 e. The Hall–Kier alpha value is -1.28. The minimum absolute atomic E-state index is 0.184. The Kier molecular flexibility index (Phi) is 4.77. The molecule has 0 bridgehead atoms. The molecule has 1 aromatic carbocycles. The molecule has 116 valence electrons. The molecule has 0 spiro atoms. The summed E-state index contributed by atoms with van der Waals surface area (Å²) in [6.45, 7) is 1.04. The third kappa shape index (κ3) is 4.34. The third-order valence-corrected chi connectivity index (χ3v) is 3.88. The first kappa shape index (κ1) is 16.1. The SMILES string of the molecule is O=C(O)[C@H]1CCCN1Cc1ccc(OC(F)(F)F)c(Br)c1. The maximum atomic E-state index is 12.2. The maximum absolute atomic E-state index is 12.2. The van der Waals surface area contributed by atoms with E-state index in [1.165, 1.54) is 18.2 Å². The van der Waals surface area contributed by atoms with E-state index >= 15 is 0 Å². The van der Waals surface area contributed by atoms with Crippen molar-refractivity contribution in [3.05, 3.63) is 28.2 Å². The molecule has 1 atom stereocenters.